The maximum absolute atomic E-state index is 12.9. The number of hydrogen-bond acceptors (Lipinski definition) is 4. The Balaban J connectivity index is 1.59. The smallest absolute Gasteiger partial charge is 0.243 e. The zero-order valence-corrected chi connectivity index (χ0v) is 16.4. The summed E-state index contributed by atoms with van der Waals surface area (Å²) >= 11 is 0. The van der Waals surface area contributed by atoms with Gasteiger partial charge in [-0.05, 0) is 62.1 Å². The fourth-order valence-corrected chi connectivity index (χ4v) is 5.03. The summed E-state index contributed by atoms with van der Waals surface area (Å²) in [5, 5.41) is 0. The first-order valence-electron chi connectivity index (χ1n) is 9.32. The van der Waals surface area contributed by atoms with Crippen LogP contribution in [-0.2, 0) is 27.8 Å². The molecule has 1 unspecified atom stereocenters. The van der Waals surface area contributed by atoms with Crippen molar-refractivity contribution in [2.45, 2.75) is 50.1 Å². The summed E-state index contributed by atoms with van der Waals surface area (Å²) in [6.45, 7) is 2.20. The van der Waals surface area contributed by atoms with Gasteiger partial charge in [0.2, 0.25) is 15.9 Å². The molecule has 2 aromatic rings. The molecule has 0 N–H and O–H groups in total. The molecular weight excluding hydrogens is 364 g/mol. The predicted octanol–water partition coefficient (Wildman–Crippen LogP) is 3.18. The number of amides is 1. The summed E-state index contributed by atoms with van der Waals surface area (Å²) < 4.78 is 32.4. The molecule has 1 amide bonds. The first kappa shape index (κ1) is 18.3. The minimum Gasteiger partial charge on any atom is -0.468 e. The van der Waals surface area contributed by atoms with E-state index in [1.165, 1.54) is 10.6 Å². The second kappa shape index (κ2) is 6.80. The van der Waals surface area contributed by atoms with Crippen LogP contribution in [0.5, 0.6) is 0 Å². The topological polar surface area (TPSA) is 70.8 Å². The Morgan fingerprint density at radius 2 is 2.07 bits per heavy atom. The van der Waals surface area contributed by atoms with Gasteiger partial charge in [-0.1, -0.05) is 6.42 Å². The van der Waals surface area contributed by atoms with Crippen molar-refractivity contribution in [3.05, 3.63) is 47.9 Å². The molecule has 1 aromatic carbocycles. The Kier molecular flexibility index (Phi) is 4.60. The number of rotatable bonds is 5. The van der Waals surface area contributed by atoms with E-state index < -0.39 is 10.0 Å². The molecule has 4 rings (SSSR count). The quantitative estimate of drug-likeness (QED) is 0.789. The van der Waals surface area contributed by atoms with Gasteiger partial charge in [-0.25, -0.2) is 8.42 Å². The molecule has 0 saturated heterocycles. The lowest BCUT2D eigenvalue weighted by Crippen LogP contribution is -2.42. The van der Waals surface area contributed by atoms with E-state index in [-0.39, 0.29) is 29.3 Å². The van der Waals surface area contributed by atoms with Gasteiger partial charge in [-0.15, -0.1) is 0 Å². The third-order valence-corrected chi connectivity index (χ3v) is 7.42. The number of furan rings is 1. The van der Waals surface area contributed by atoms with Crippen LogP contribution >= 0.6 is 0 Å². The predicted molar refractivity (Wildman–Crippen MR) is 102 cm³/mol. The van der Waals surface area contributed by atoms with Gasteiger partial charge in [-0.2, -0.15) is 4.31 Å². The van der Waals surface area contributed by atoms with Crippen LogP contribution in [0.3, 0.4) is 0 Å². The molecule has 1 saturated carbocycles. The fourth-order valence-electron chi connectivity index (χ4n) is 3.84. The lowest BCUT2D eigenvalue weighted by atomic mass is 9.84. The van der Waals surface area contributed by atoms with E-state index in [1.807, 2.05) is 11.8 Å². The molecule has 1 fully saturated rings. The zero-order chi connectivity index (χ0) is 19.2. The molecule has 27 heavy (non-hydrogen) atoms. The van der Waals surface area contributed by atoms with Gasteiger partial charge in [0.05, 0.1) is 17.7 Å². The summed E-state index contributed by atoms with van der Waals surface area (Å²) in [6.07, 6.45) is 5.24. The van der Waals surface area contributed by atoms with Crippen LogP contribution in [0.4, 0.5) is 5.69 Å². The Hall–Kier alpha value is -2.12. The summed E-state index contributed by atoms with van der Waals surface area (Å²) in [7, 11) is -2.09. The molecule has 0 bridgehead atoms. The highest BCUT2D eigenvalue weighted by molar-refractivity contribution is 7.89. The standard InChI is InChI=1S/C20H24N2O4S/c1-14-11-16-12-18(27(24,25)21(2)13-17-7-4-10-26-17)8-9-19(16)22(14)20(23)15-5-3-6-15/h4,7-10,12,14-15H,3,5-6,11,13H2,1-2H3. The first-order chi connectivity index (χ1) is 12.9. The molecule has 1 aliphatic carbocycles. The molecule has 7 heteroatoms. The van der Waals surface area contributed by atoms with Crippen LogP contribution in [0.25, 0.3) is 0 Å². The number of nitrogens with zero attached hydrogens (tertiary/aromatic N) is 2. The van der Waals surface area contributed by atoms with Crippen molar-refractivity contribution in [3.8, 4) is 0 Å². The number of carbonyl (C=O) groups is 1. The van der Waals surface area contributed by atoms with Crippen LogP contribution in [0, 0.1) is 5.92 Å². The van der Waals surface area contributed by atoms with Gasteiger partial charge in [0.1, 0.15) is 5.76 Å². The van der Waals surface area contributed by atoms with Gasteiger partial charge < -0.3 is 9.32 Å². The van der Waals surface area contributed by atoms with E-state index in [9.17, 15) is 13.2 Å². The molecular formula is C20H24N2O4S. The molecule has 1 atom stereocenters. The molecule has 2 heterocycles. The third kappa shape index (κ3) is 3.19. The Morgan fingerprint density at radius 1 is 1.30 bits per heavy atom. The van der Waals surface area contributed by atoms with E-state index >= 15 is 0 Å². The van der Waals surface area contributed by atoms with Crippen molar-refractivity contribution in [3.63, 3.8) is 0 Å². The van der Waals surface area contributed by atoms with Crippen molar-refractivity contribution >= 4 is 21.6 Å². The first-order valence-corrected chi connectivity index (χ1v) is 10.8. The van der Waals surface area contributed by atoms with Crippen molar-refractivity contribution < 1.29 is 17.6 Å². The minimum absolute atomic E-state index is 0.0619. The summed E-state index contributed by atoms with van der Waals surface area (Å²) in [5.41, 5.74) is 1.77. The molecule has 6 nitrogen and oxygen atoms in total. The maximum atomic E-state index is 12.9. The van der Waals surface area contributed by atoms with Crippen LogP contribution in [0.2, 0.25) is 0 Å². The van der Waals surface area contributed by atoms with Gasteiger partial charge in [0, 0.05) is 24.7 Å². The fraction of sp³-hybridized carbons (Fsp3) is 0.450. The van der Waals surface area contributed by atoms with Gasteiger partial charge in [0.25, 0.3) is 0 Å². The van der Waals surface area contributed by atoms with Crippen LogP contribution in [0.15, 0.2) is 45.9 Å². The summed E-state index contributed by atoms with van der Waals surface area (Å²) in [6, 6.07) is 8.65. The zero-order valence-electron chi connectivity index (χ0n) is 15.6. The Bertz CT molecular complexity index is 948. The minimum atomic E-state index is -3.63. The van der Waals surface area contributed by atoms with Crippen LogP contribution in [-0.4, -0.2) is 31.7 Å². The van der Waals surface area contributed by atoms with Gasteiger partial charge >= 0.3 is 0 Å². The summed E-state index contributed by atoms with van der Waals surface area (Å²) in [4.78, 5) is 14.9. The van der Waals surface area contributed by atoms with E-state index in [0.29, 0.717) is 12.2 Å². The third-order valence-electron chi connectivity index (χ3n) is 5.63. The van der Waals surface area contributed by atoms with E-state index in [1.54, 1.807) is 37.4 Å². The maximum Gasteiger partial charge on any atom is 0.243 e. The average molecular weight is 388 g/mol. The lowest BCUT2D eigenvalue weighted by Gasteiger charge is -2.32. The van der Waals surface area contributed by atoms with Gasteiger partial charge in [0.15, 0.2) is 0 Å². The van der Waals surface area contributed by atoms with Crippen molar-refractivity contribution in [1.29, 1.82) is 0 Å². The normalized spacial score (nSPS) is 20.0. The molecule has 0 radical (unpaired) electrons. The van der Waals surface area contributed by atoms with Crippen molar-refractivity contribution in [1.82, 2.24) is 4.31 Å². The van der Waals surface area contributed by atoms with Gasteiger partial charge in [-0.3, -0.25) is 4.79 Å². The number of sulfonamides is 1. The SMILES string of the molecule is CC1Cc2cc(S(=O)(=O)N(C)Cc3ccco3)ccc2N1C(=O)C1CCC1. The number of anilines is 1. The number of carbonyl (C=O) groups excluding carboxylic acids is 1. The highest BCUT2D eigenvalue weighted by atomic mass is 32.2. The molecule has 1 aliphatic heterocycles. The number of fused-ring (bicyclic) bond motifs is 1. The lowest BCUT2D eigenvalue weighted by molar-refractivity contribution is -0.125. The number of benzene rings is 1. The highest BCUT2D eigenvalue weighted by Crippen LogP contribution is 2.38. The van der Waals surface area contributed by atoms with E-state index in [4.69, 9.17) is 4.42 Å². The van der Waals surface area contributed by atoms with E-state index in [2.05, 4.69) is 0 Å². The second-order valence-corrected chi connectivity index (χ2v) is 9.57. The summed E-state index contributed by atoms with van der Waals surface area (Å²) in [5.74, 6) is 0.896. The molecule has 1 aromatic heterocycles. The highest BCUT2D eigenvalue weighted by Gasteiger charge is 2.37. The molecule has 0 spiro atoms. The van der Waals surface area contributed by atoms with Crippen LogP contribution in [0.1, 0.15) is 37.5 Å². The van der Waals surface area contributed by atoms with E-state index in [0.717, 1.165) is 30.5 Å². The van der Waals surface area contributed by atoms with Crippen molar-refractivity contribution in [2.75, 3.05) is 11.9 Å². The average Bonchev–Trinajstić information content (AvgIpc) is 3.18. The Morgan fingerprint density at radius 3 is 2.70 bits per heavy atom. The van der Waals surface area contributed by atoms with Crippen LogP contribution < -0.4 is 4.90 Å². The second-order valence-electron chi connectivity index (χ2n) is 7.52. The Labute approximate surface area is 159 Å². The number of hydrogen-bond donors (Lipinski definition) is 0. The molecule has 144 valence electrons. The van der Waals surface area contributed by atoms with Crippen molar-refractivity contribution in [2.24, 2.45) is 5.92 Å². The monoisotopic (exact) mass is 388 g/mol. The largest absolute Gasteiger partial charge is 0.468 e. The molecule has 2 aliphatic rings.